The predicted molar refractivity (Wildman–Crippen MR) is 202 cm³/mol. The lowest BCUT2D eigenvalue weighted by molar-refractivity contribution is -0.942. The lowest BCUT2D eigenvalue weighted by Crippen LogP contribution is -3.19. The summed E-state index contributed by atoms with van der Waals surface area (Å²) in [5, 5.41) is 0. The number of nitrogens with zero attached hydrogens (tertiary/aromatic N) is 1. The number of carbonyl (C=O) groups is 2. The molecule has 3 N–H and O–H groups in total. The van der Waals surface area contributed by atoms with Gasteiger partial charge in [-0.05, 0) is 94.2 Å². The maximum atomic E-state index is 15.1. The number of hydrogen-bond acceptors (Lipinski definition) is 6. The van der Waals surface area contributed by atoms with Crippen LogP contribution >= 0.6 is 0 Å². The third-order valence-corrected chi connectivity index (χ3v) is 16.1. The number of fused-ring (bicyclic) bond motifs is 2. The maximum Gasteiger partial charge on any atom is 0.339 e. The molecule has 1 aromatic carbocycles. The van der Waals surface area contributed by atoms with Gasteiger partial charge in [-0.25, -0.2) is 4.79 Å². The zero-order valence-electron chi connectivity index (χ0n) is 32.4. The summed E-state index contributed by atoms with van der Waals surface area (Å²) < 4.78 is 13.8. The van der Waals surface area contributed by atoms with E-state index in [1.54, 1.807) is 0 Å². The number of piperidine rings is 2. The summed E-state index contributed by atoms with van der Waals surface area (Å²) in [4.78, 5) is 34.2. The van der Waals surface area contributed by atoms with Crippen LogP contribution in [0.25, 0.3) is 0 Å². The normalized spacial score (nSPS) is 43.4. The number of carbonyl (C=O) groups excluding carboxylic acids is 2. The highest BCUT2D eigenvalue weighted by Crippen LogP contribution is 2.84. The molecule has 1 aromatic rings. The molecule has 0 amide bonds. The average Bonchev–Trinajstić information content (AvgIpc) is 3.58. The minimum Gasteiger partial charge on any atom is -0.449 e. The molecule has 8 aliphatic heterocycles. The number of hydrogen-bond donors (Lipinski definition) is 2. The third kappa shape index (κ3) is 4.79. The highest BCUT2D eigenvalue weighted by molar-refractivity contribution is 5.99. The molecular weight excluding hydrogens is 647 g/mol. The van der Waals surface area contributed by atoms with Crippen LogP contribution in [0.5, 0.6) is 0 Å². The molecule has 52 heavy (non-hydrogen) atoms. The Morgan fingerprint density at radius 2 is 1.90 bits per heavy atom. The molecule has 3 saturated heterocycles. The number of rotatable bonds is 8. The number of nitrogens with one attached hydrogen (secondary N) is 1. The summed E-state index contributed by atoms with van der Waals surface area (Å²) >= 11 is 0. The lowest BCUT2D eigenvalue weighted by Gasteiger charge is -2.69. The van der Waals surface area contributed by atoms with Crippen molar-refractivity contribution in [1.82, 2.24) is 4.90 Å². The fourth-order valence-corrected chi connectivity index (χ4v) is 13.9. The van der Waals surface area contributed by atoms with Crippen molar-refractivity contribution in [2.45, 2.75) is 129 Å². The van der Waals surface area contributed by atoms with E-state index in [0.29, 0.717) is 36.4 Å². The Hall–Kier alpha value is -2.48. The van der Waals surface area contributed by atoms with E-state index in [4.69, 9.17) is 15.2 Å². The van der Waals surface area contributed by atoms with Crippen molar-refractivity contribution in [1.29, 1.82) is 0 Å². The highest BCUT2D eigenvalue weighted by atomic mass is 16.6. The highest BCUT2D eigenvalue weighted by Gasteiger charge is 2.91. The Morgan fingerprint density at radius 1 is 1.10 bits per heavy atom. The van der Waals surface area contributed by atoms with Gasteiger partial charge in [0.15, 0.2) is 5.60 Å². The summed E-state index contributed by atoms with van der Waals surface area (Å²) in [6.45, 7) is 14.9. The largest absolute Gasteiger partial charge is 0.449 e. The van der Waals surface area contributed by atoms with Crippen molar-refractivity contribution in [2.24, 2.45) is 52.1 Å². The molecule has 8 bridgehead atoms. The van der Waals surface area contributed by atoms with E-state index in [2.05, 4.69) is 62.9 Å². The van der Waals surface area contributed by atoms with Crippen molar-refractivity contribution in [3.8, 4) is 0 Å². The second-order valence-corrected chi connectivity index (χ2v) is 18.9. The summed E-state index contributed by atoms with van der Waals surface area (Å²) in [7, 11) is 0. The molecule has 5 fully saturated rings. The third-order valence-electron chi connectivity index (χ3n) is 16.1. The van der Waals surface area contributed by atoms with Crippen molar-refractivity contribution < 1.29 is 24.0 Å². The lowest BCUT2D eigenvalue weighted by atomic mass is 9.31. The van der Waals surface area contributed by atoms with E-state index in [1.807, 2.05) is 4.90 Å². The van der Waals surface area contributed by atoms with Crippen LogP contribution in [0.4, 0.5) is 0 Å². The summed E-state index contributed by atoms with van der Waals surface area (Å²) in [6, 6.07) is 7.40. The van der Waals surface area contributed by atoms with Gasteiger partial charge in [0.2, 0.25) is 0 Å². The van der Waals surface area contributed by atoms with Gasteiger partial charge in [0.25, 0.3) is 0 Å². The van der Waals surface area contributed by atoms with Crippen molar-refractivity contribution in [3.63, 3.8) is 0 Å². The summed E-state index contributed by atoms with van der Waals surface area (Å²) in [5.41, 5.74) is 7.76. The van der Waals surface area contributed by atoms with Gasteiger partial charge in [-0.15, -0.1) is 0 Å². The van der Waals surface area contributed by atoms with Crippen molar-refractivity contribution in [3.05, 3.63) is 58.4 Å². The second-order valence-electron chi connectivity index (χ2n) is 18.9. The number of benzene rings is 1. The van der Waals surface area contributed by atoms with Crippen molar-refractivity contribution >= 4 is 11.9 Å². The molecule has 1 unspecified atom stereocenters. The Labute approximate surface area is 312 Å². The quantitative estimate of drug-likeness (QED) is 0.242. The SMILES string of the molecule is CCC[C@H]1CC=C2OC(=O)[C@@]34C=C(CC[C@@]23[C@@]2(OC(=O)c3c(CCCN)cccc32)[C@H]4C[C@H](C)CC)[C@@H]2C[C@@H](C)CCC2[NH+]2C[C@H]3C[C@@H](CN1C3)C2. The number of aryl methyl sites for hydroxylation is 1. The van der Waals surface area contributed by atoms with Crippen LogP contribution in [0, 0.1) is 46.3 Å². The zero-order chi connectivity index (χ0) is 36.0. The van der Waals surface area contributed by atoms with Crippen LogP contribution in [-0.2, 0) is 26.3 Å². The van der Waals surface area contributed by atoms with Gasteiger partial charge >= 0.3 is 11.9 Å². The van der Waals surface area contributed by atoms with E-state index < -0.39 is 16.4 Å². The van der Waals surface area contributed by atoms with Crippen molar-refractivity contribution in [2.75, 3.05) is 32.7 Å². The van der Waals surface area contributed by atoms with E-state index >= 15 is 4.79 Å². The number of ether oxygens (including phenoxy) is 2. The van der Waals surface area contributed by atoms with Crippen LogP contribution in [0.2, 0.25) is 0 Å². The Morgan fingerprint density at radius 3 is 2.65 bits per heavy atom. The van der Waals surface area contributed by atoms with E-state index in [1.165, 1.54) is 57.4 Å². The van der Waals surface area contributed by atoms with Gasteiger partial charge in [0.1, 0.15) is 11.2 Å². The Balaban J connectivity index is 1.27. The molecule has 3 aliphatic carbocycles. The van der Waals surface area contributed by atoms with E-state index in [-0.39, 0.29) is 17.9 Å². The molecule has 11 aliphatic rings. The fraction of sp³-hybridized carbons (Fsp3) is 0.733. The van der Waals surface area contributed by atoms with E-state index in [9.17, 15) is 4.79 Å². The second kappa shape index (κ2) is 13.1. The summed E-state index contributed by atoms with van der Waals surface area (Å²) in [6.07, 6.45) is 18.3. The smallest absolute Gasteiger partial charge is 0.339 e. The van der Waals surface area contributed by atoms with Gasteiger partial charge in [-0.2, -0.15) is 0 Å². The molecule has 0 radical (unpaired) electrons. The topological polar surface area (TPSA) is 86.3 Å². The van der Waals surface area contributed by atoms with Crippen LogP contribution in [0.3, 0.4) is 0 Å². The maximum absolute atomic E-state index is 15.1. The zero-order valence-corrected chi connectivity index (χ0v) is 32.4. The molecule has 282 valence electrons. The summed E-state index contributed by atoms with van der Waals surface area (Å²) in [5.74, 6) is 3.39. The minimum atomic E-state index is -0.929. The molecule has 2 spiro atoms. The first-order valence-electron chi connectivity index (χ1n) is 21.5. The van der Waals surface area contributed by atoms with E-state index in [0.717, 1.165) is 92.1 Å². The van der Waals surface area contributed by atoms with Gasteiger partial charge in [-0.3, -0.25) is 9.69 Å². The average molecular weight is 711 g/mol. The molecule has 12 rings (SSSR count). The Bertz CT molecular complexity index is 1650. The minimum absolute atomic E-state index is 0.0902. The molecule has 7 nitrogen and oxygen atoms in total. The van der Waals surface area contributed by atoms with Gasteiger partial charge in [0, 0.05) is 54.8 Å². The molecular formula is C45H64N3O4+. The van der Waals surface area contributed by atoms with Crippen LogP contribution in [-0.4, -0.2) is 61.6 Å². The van der Waals surface area contributed by atoms with Gasteiger partial charge in [0.05, 0.1) is 30.1 Å². The first-order chi connectivity index (χ1) is 25.2. The molecule has 2 saturated carbocycles. The standard InChI is InChI=1S/C45H63N3O4/c1-5-9-34-14-16-39-44-18-17-33(35-20-29(4)13-15-37(35)48-26-30-22-31(27-48)25-47(34)24-30)23-43(44,42(50)51-39)38(21-28(3)6-2)45(44)36-12-7-10-32(11-8-19-46)40(36)41(49)52-45/h7,10,12,16,23,28-31,34-35,37-38H,5-6,8-9,11,13-15,17-22,24-27,46H2,1-4H3/p+1/t28-,29+,30+,31+,34+,35+,37?,38+,43+,44-,45+/m1/s1. The van der Waals surface area contributed by atoms with Crippen LogP contribution in [0.15, 0.2) is 41.7 Å². The number of quaternary nitrogens is 1. The molecule has 0 aromatic heterocycles. The fourth-order valence-electron chi connectivity index (χ4n) is 13.9. The molecule has 8 heterocycles. The number of nitrogens with two attached hydrogens (primary N) is 1. The van der Waals surface area contributed by atoms with Gasteiger partial charge < -0.3 is 20.1 Å². The number of esters is 2. The first kappa shape index (κ1) is 35.2. The monoisotopic (exact) mass is 710 g/mol. The molecule has 7 heteroatoms. The predicted octanol–water partition coefficient (Wildman–Crippen LogP) is 6.36. The Kier molecular flexibility index (Phi) is 8.86. The van der Waals surface area contributed by atoms with Crippen LogP contribution in [0.1, 0.15) is 126 Å². The first-order valence-corrected chi connectivity index (χ1v) is 21.5. The van der Waals surface area contributed by atoms with Crippen LogP contribution < -0.4 is 10.6 Å². The van der Waals surface area contributed by atoms with Gasteiger partial charge in [-0.1, -0.05) is 70.4 Å². The molecule has 11 atom stereocenters.